The Kier molecular flexibility index (Phi) is 5.32. The summed E-state index contributed by atoms with van der Waals surface area (Å²) in [5.41, 5.74) is 3.71. The van der Waals surface area contributed by atoms with Crippen molar-refractivity contribution in [2.45, 2.75) is 6.92 Å². The highest BCUT2D eigenvalue weighted by Crippen LogP contribution is 2.25. The summed E-state index contributed by atoms with van der Waals surface area (Å²) < 4.78 is 5.48. The van der Waals surface area contributed by atoms with E-state index in [9.17, 15) is 4.79 Å². The second-order valence-electron chi connectivity index (χ2n) is 5.69. The van der Waals surface area contributed by atoms with Crippen molar-refractivity contribution >= 4 is 23.0 Å². The fourth-order valence-corrected chi connectivity index (χ4v) is 2.35. The van der Waals surface area contributed by atoms with Gasteiger partial charge in [-0.1, -0.05) is 48.0 Å². The van der Waals surface area contributed by atoms with E-state index in [1.807, 2.05) is 85.8 Å². The molecule has 4 heteroatoms. The lowest BCUT2D eigenvalue weighted by Crippen LogP contribution is -2.20. The average molecular weight is 332 g/mol. The molecular formula is C21H20N2O2. The van der Waals surface area contributed by atoms with Crippen LogP contribution < -0.4 is 15.4 Å². The van der Waals surface area contributed by atoms with E-state index in [-0.39, 0.29) is 12.5 Å². The number of rotatable bonds is 6. The quantitative estimate of drug-likeness (QED) is 0.684. The van der Waals surface area contributed by atoms with Crippen molar-refractivity contribution in [1.29, 1.82) is 0 Å². The number of anilines is 3. The predicted molar refractivity (Wildman–Crippen MR) is 101 cm³/mol. The van der Waals surface area contributed by atoms with Gasteiger partial charge < -0.3 is 15.4 Å². The standard InChI is InChI=1S/C21H20N2O2/c1-16-11-13-17(14-12-16)22-19-9-5-6-10-20(19)23-21(24)15-25-18-7-3-2-4-8-18/h2-14,22H,15H2,1H3,(H,23,24). The minimum atomic E-state index is -0.206. The van der Waals surface area contributed by atoms with Gasteiger partial charge in [-0.3, -0.25) is 4.79 Å². The number of aryl methyl sites for hydroxylation is 1. The Balaban J connectivity index is 1.64. The predicted octanol–water partition coefficient (Wildman–Crippen LogP) is 4.76. The number of carbonyl (C=O) groups is 1. The average Bonchev–Trinajstić information content (AvgIpc) is 2.64. The highest BCUT2D eigenvalue weighted by molar-refractivity contribution is 5.95. The minimum Gasteiger partial charge on any atom is -0.484 e. The highest BCUT2D eigenvalue weighted by atomic mass is 16.5. The van der Waals surface area contributed by atoms with Crippen molar-refractivity contribution < 1.29 is 9.53 Å². The van der Waals surface area contributed by atoms with E-state index in [2.05, 4.69) is 10.6 Å². The molecule has 4 nitrogen and oxygen atoms in total. The van der Waals surface area contributed by atoms with E-state index in [1.54, 1.807) is 0 Å². The first-order valence-electron chi connectivity index (χ1n) is 8.11. The molecule has 0 aliphatic carbocycles. The van der Waals surface area contributed by atoms with Gasteiger partial charge in [-0.15, -0.1) is 0 Å². The number of amides is 1. The molecule has 0 radical (unpaired) electrons. The number of benzene rings is 3. The molecule has 25 heavy (non-hydrogen) atoms. The smallest absolute Gasteiger partial charge is 0.262 e. The van der Waals surface area contributed by atoms with Crippen LogP contribution in [0.15, 0.2) is 78.9 Å². The normalized spacial score (nSPS) is 10.1. The molecule has 0 unspecified atom stereocenters. The van der Waals surface area contributed by atoms with Gasteiger partial charge in [0.2, 0.25) is 0 Å². The maximum atomic E-state index is 12.2. The van der Waals surface area contributed by atoms with E-state index in [0.29, 0.717) is 11.4 Å². The van der Waals surface area contributed by atoms with Gasteiger partial charge in [0.05, 0.1) is 11.4 Å². The molecular weight excluding hydrogens is 312 g/mol. The fourth-order valence-electron chi connectivity index (χ4n) is 2.35. The second-order valence-corrected chi connectivity index (χ2v) is 5.69. The van der Waals surface area contributed by atoms with Crippen LogP contribution in [0.1, 0.15) is 5.56 Å². The first kappa shape index (κ1) is 16.6. The molecule has 126 valence electrons. The Labute approximate surface area is 147 Å². The van der Waals surface area contributed by atoms with Crippen LogP contribution in [0.3, 0.4) is 0 Å². The summed E-state index contributed by atoms with van der Waals surface area (Å²) in [4.78, 5) is 12.2. The molecule has 0 saturated heterocycles. The third kappa shape index (κ3) is 4.85. The lowest BCUT2D eigenvalue weighted by Gasteiger charge is -2.13. The van der Waals surface area contributed by atoms with Crippen LogP contribution in [0.25, 0.3) is 0 Å². The van der Waals surface area contributed by atoms with Crippen LogP contribution in [0.4, 0.5) is 17.1 Å². The van der Waals surface area contributed by atoms with E-state index >= 15 is 0 Å². The number of hydrogen-bond acceptors (Lipinski definition) is 3. The molecule has 1 amide bonds. The van der Waals surface area contributed by atoms with Gasteiger partial charge in [0.25, 0.3) is 5.91 Å². The summed E-state index contributed by atoms with van der Waals surface area (Å²) in [7, 11) is 0. The van der Waals surface area contributed by atoms with E-state index in [0.717, 1.165) is 11.4 Å². The van der Waals surface area contributed by atoms with E-state index in [1.165, 1.54) is 5.56 Å². The lowest BCUT2D eigenvalue weighted by atomic mass is 10.2. The molecule has 0 bridgehead atoms. The van der Waals surface area contributed by atoms with Gasteiger partial charge in [0, 0.05) is 5.69 Å². The van der Waals surface area contributed by atoms with Crippen LogP contribution in [-0.2, 0) is 4.79 Å². The third-order valence-corrected chi connectivity index (χ3v) is 3.64. The zero-order valence-corrected chi connectivity index (χ0v) is 14.0. The molecule has 3 aromatic carbocycles. The van der Waals surface area contributed by atoms with Crippen molar-refractivity contribution in [2.24, 2.45) is 0 Å². The van der Waals surface area contributed by atoms with Gasteiger partial charge in [-0.25, -0.2) is 0 Å². The van der Waals surface area contributed by atoms with E-state index in [4.69, 9.17) is 4.74 Å². The molecule has 2 N–H and O–H groups in total. The van der Waals surface area contributed by atoms with Crippen molar-refractivity contribution in [3.05, 3.63) is 84.4 Å². The Hall–Kier alpha value is -3.27. The lowest BCUT2D eigenvalue weighted by molar-refractivity contribution is -0.118. The van der Waals surface area contributed by atoms with Gasteiger partial charge in [0.1, 0.15) is 5.75 Å². The van der Waals surface area contributed by atoms with Crippen molar-refractivity contribution in [3.63, 3.8) is 0 Å². The number of nitrogens with one attached hydrogen (secondary N) is 2. The molecule has 0 saturated carbocycles. The van der Waals surface area contributed by atoms with E-state index < -0.39 is 0 Å². The first-order chi connectivity index (χ1) is 12.2. The number of ether oxygens (including phenoxy) is 1. The summed E-state index contributed by atoms with van der Waals surface area (Å²) in [6, 6.07) is 25.0. The molecule has 0 fully saturated rings. The van der Waals surface area contributed by atoms with Gasteiger partial charge in [0.15, 0.2) is 6.61 Å². The second kappa shape index (κ2) is 8.02. The van der Waals surface area contributed by atoms with Crippen LogP contribution in [0, 0.1) is 6.92 Å². The summed E-state index contributed by atoms with van der Waals surface area (Å²) in [6.45, 7) is 2.01. The maximum Gasteiger partial charge on any atom is 0.262 e. The van der Waals surface area contributed by atoms with Crippen molar-refractivity contribution in [3.8, 4) is 5.75 Å². The van der Waals surface area contributed by atoms with Crippen LogP contribution >= 0.6 is 0 Å². The van der Waals surface area contributed by atoms with Gasteiger partial charge in [-0.05, 0) is 43.3 Å². The number of carbonyl (C=O) groups excluding carboxylic acids is 1. The summed E-state index contributed by atoms with van der Waals surface area (Å²) in [5, 5.41) is 6.21. The van der Waals surface area contributed by atoms with Crippen LogP contribution in [0.5, 0.6) is 5.75 Å². The van der Waals surface area contributed by atoms with Gasteiger partial charge in [-0.2, -0.15) is 0 Å². The Morgan fingerprint density at radius 2 is 1.48 bits per heavy atom. The Morgan fingerprint density at radius 1 is 0.840 bits per heavy atom. The summed E-state index contributed by atoms with van der Waals surface area (Å²) >= 11 is 0. The topological polar surface area (TPSA) is 50.4 Å². The molecule has 3 rings (SSSR count). The van der Waals surface area contributed by atoms with Crippen LogP contribution in [-0.4, -0.2) is 12.5 Å². The molecule has 0 spiro atoms. The molecule has 0 aliphatic heterocycles. The first-order valence-corrected chi connectivity index (χ1v) is 8.11. The molecule has 0 aromatic heterocycles. The minimum absolute atomic E-state index is 0.0388. The Morgan fingerprint density at radius 3 is 2.20 bits per heavy atom. The van der Waals surface area contributed by atoms with Crippen molar-refractivity contribution in [2.75, 3.05) is 17.2 Å². The molecule has 0 heterocycles. The van der Waals surface area contributed by atoms with Crippen LogP contribution in [0.2, 0.25) is 0 Å². The maximum absolute atomic E-state index is 12.2. The number of para-hydroxylation sites is 3. The molecule has 3 aromatic rings. The SMILES string of the molecule is Cc1ccc(Nc2ccccc2NC(=O)COc2ccccc2)cc1. The zero-order chi connectivity index (χ0) is 17.5. The largest absolute Gasteiger partial charge is 0.484 e. The molecule has 0 atom stereocenters. The Bertz CT molecular complexity index is 830. The zero-order valence-electron chi connectivity index (χ0n) is 14.0. The summed E-state index contributed by atoms with van der Waals surface area (Å²) in [5.74, 6) is 0.464. The highest BCUT2D eigenvalue weighted by Gasteiger charge is 2.08. The fraction of sp³-hybridized carbons (Fsp3) is 0.0952. The molecule has 0 aliphatic rings. The van der Waals surface area contributed by atoms with Gasteiger partial charge >= 0.3 is 0 Å². The monoisotopic (exact) mass is 332 g/mol. The van der Waals surface area contributed by atoms with Crippen molar-refractivity contribution in [1.82, 2.24) is 0 Å². The number of hydrogen-bond donors (Lipinski definition) is 2. The third-order valence-electron chi connectivity index (χ3n) is 3.64. The summed E-state index contributed by atoms with van der Waals surface area (Å²) in [6.07, 6.45) is 0.